The van der Waals surface area contributed by atoms with Gasteiger partial charge in [-0.1, -0.05) is 6.42 Å². The van der Waals surface area contributed by atoms with Gasteiger partial charge in [0, 0.05) is 12.3 Å². The number of nitrogens with zero attached hydrogens (tertiary/aromatic N) is 1. The van der Waals surface area contributed by atoms with Crippen LogP contribution in [0.25, 0.3) is 0 Å². The first-order valence-corrected chi connectivity index (χ1v) is 6.74. The third-order valence-electron chi connectivity index (χ3n) is 4.14. The number of primary amides is 1. The maximum atomic E-state index is 11.6. The standard InChI is InChI=1S/C13H22N2O2/c14-13(17)11-5-1-2-8-15(11)9-7-10-4-3-6-12(10)16/h10-11H,1-9H2,(H2,14,17). The smallest absolute Gasteiger partial charge is 0.234 e. The van der Waals surface area contributed by atoms with Crippen molar-refractivity contribution in [2.75, 3.05) is 13.1 Å². The van der Waals surface area contributed by atoms with Crippen molar-refractivity contribution in [2.45, 2.75) is 51.0 Å². The molecule has 2 aliphatic rings. The fourth-order valence-electron chi connectivity index (χ4n) is 3.10. The highest BCUT2D eigenvalue weighted by Crippen LogP contribution is 2.26. The minimum Gasteiger partial charge on any atom is -0.368 e. The maximum Gasteiger partial charge on any atom is 0.234 e. The first-order chi connectivity index (χ1) is 8.18. The summed E-state index contributed by atoms with van der Waals surface area (Å²) in [5.41, 5.74) is 5.42. The molecule has 1 aliphatic carbocycles. The molecule has 2 rings (SSSR count). The Kier molecular flexibility index (Phi) is 4.15. The summed E-state index contributed by atoms with van der Waals surface area (Å²) in [6, 6.07) is -0.0970. The SMILES string of the molecule is NC(=O)C1CCCCN1CCC1CCCC1=O. The van der Waals surface area contributed by atoms with Gasteiger partial charge in [-0.05, 0) is 45.2 Å². The molecule has 2 atom stereocenters. The zero-order valence-corrected chi connectivity index (χ0v) is 10.4. The third-order valence-corrected chi connectivity index (χ3v) is 4.14. The van der Waals surface area contributed by atoms with Crippen LogP contribution in [-0.2, 0) is 9.59 Å². The lowest BCUT2D eigenvalue weighted by molar-refractivity contribution is -0.124. The van der Waals surface area contributed by atoms with Gasteiger partial charge in [0.15, 0.2) is 0 Å². The molecule has 1 saturated carbocycles. The van der Waals surface area contributed by atoms with Gasteiger partial charge in [-0.15, -0.1) is 0 Å². The third kappa shape index (κ3) is 3.06. The van der Waals surface area contributed by atoms with Crippen LogP contribution in [0.5, 0.6) is 0 Å². The number of hydrogen-bond donors (Lipinski definition) is 1. The fourth-order valence-corrected chi connectivity index (χ4v) is 3.10. The summed E-state index contributed by atoms with van der Waals surface area (Å²) < 4.78 is 0. The maximum absolute atomic E-state index is 11.6. The van der Waals surface area contributed by atoms with Crippen molar-refractivity contribution < 1.29 is 9.59 Å². The molecule has 17 heavy (non-hydrogen) atoms. The van der Waals surface area contributed by atoms with E-state index in [1.807, 2.05) is 0 Å². The number of ketones is 1. The van der Waals surface area contributed by atoms with Crippen molar-refractivity contribution in [2.24, 2.45) is 11.7 Å². The van der Waals surface area contributed by atoms with Crippen LogP contribution in [0.2, 0.25) is 0 Å². The van der Waals surface area contributed by atoms with Crippen LogP contribution in [0.1, 0.15) is 44.9 Å². The molecule has 4 heteroatoms. The zero-order valence-electron chi connectivity index (χ0n) is 10.4. The molecule has 2 N–H and O–H groups in total. The zero-order chi connectivity index (χ0) is 12.3. The van der Waals surface area contributed by atoms with E-state index in [1.165, 1.54) is 0 Å². The number of carbonyl (C=O) groups is 2. The number of amides is 1. The number of Topliss-reactive ketones (excluding diaryl/α,β-unsaturated/α-hetero) is 1. The Morgan fingerprint density at radius 1 is 1.29 bits per heavy atom. The molecule has 4 nitrogen and oxygen atoms in total. The first kappa shape index (κ1) is 12.6. The van der Waals surface area contributed by atoms with Crippen LogP contribution in [0.3, 0.4) is 0 Å². The van der Waals surface area contributed by atoms with Gasteiger partial charge < -0.3 is 5.73 Å². The summed E-state index contributed by atoms with van der Waals surface area (Å²) in [6.07, 6.45) is 6.85. The average Bonchev–Trinajstić information content (AvgIpc) is 2.72. The van der Waals surface area contributed by atoms with Crippen molar-refractivity contribution in [3.8, 4) is 0 Å². The molecule has 2 fully saturated rings. The van der Waals surface area contributed by atoms with Crippen molar-refractivity contribution >= 4 is 11.7 Å². The molecule has 2 unspecified atom stereocenters. The van der Waals surface area contributed by atoms with Crippen LogP contribution >= 0.6 is 0 Å². The molecule has 1 saturated heterocycles. The Bertz CT molecular complexity index is 304. The van der Waals surface area contributed by atoms with Crippen molar-refractivity contribution in [3.63, 3.8) is 0 Å². The number of hydrogen-bond acceptors (Lipinski definition) is 3. The summed E-state index contributed by atoms with van der Waals surface area (Å²) in [5, 5.41) is 0. The van der Waals surface area contributed by atoms with Crippen LogP contribution in [0, 0.1) is 5.92 Å². The molecular weight excluding hydrogens is 216 g/mol. The molecule has 0 spiro atoms. The van der Waals surface area contributed by atoms with E-state index in [-0.39, 0.29) is 17.9 Å². The number of carbonyl (C=O) groups excluding carboxylic acids is 2. The van der Waals surface area contributed by atoms with E-state index in [4.69, 9.17) is 5.73 Å². The normalized spacial score (nSPS) is 30.7. The lowest BCUT2D eigenvalue weighted by atomic mass is 9.98. The van der Waals surface area contributed by atoms with Gasteiger partial charge in [-0.25, -0.2) is 0 Å². The Morgan fingerprint density at radius 3 is 2.76 bits per heavy atom. The topological polar surface area (TPSA) is 63.4 Å². The second-order valence-electron chi connectivity index (χ2n) is 5.29. The molecule has 0 radical (unpaired) electrons. The highest BCUT2D eigenvalue weighted by molar-refractivity contribution is 5.82. The van der Waals surface area contributed by atoms with Crippen LogP contribution < -0.4 is 5.73 Å². The second kappa shape index (κ2) is 5.63. The quantitative estimate of drug-likeness (QED) is 0.797. The molecule has 0 aromatic rings. The van der Waals surface area contributed by atoms with Gasteiger partial charge >= 0.3 is 0 Å². The molecule has 1 aliphatic heterocycles. The van der Waals surface area contributed by atoms with Gasteiger partial charge in [0.05, 0.1) is 6.04 Å². The highest BCUT2D eigenvalue weighted by Gasteiger charge is 2.29. The van der Waals surface area contributed by atoms with Crippen molar-refractivity contribution in [3.05, 3.63) is 0 Å². The van der Waals surface area contributed by atoms with Crippen LogP contribution in [-0.4, -0.2) is 35.7 Å². The van der Waals surface area contributed by atoms with Gasteiger partial charge in [-0.3, -0.25) is 14.5 Å². The van der Waals surface area contributed by atoms with E-state index in [2.05, 4.69) is 4.90 Å². The second-order valence-corrected chi connectivity index (χ2v) is 5.29. The van der Waals surface area contributed by atoms with Crippen molar-refractivity contribution in [1.82, 2.24) is 4.90 Å². The first-order valence-electron chi connectivity index (χ1n) is 6.74. The lowest BCUT2D eigenvalue weighted by Crippen LogP contribution is -2.48. The largest absolute Gasteiger partial charge is 0.368 e. The van der Waals surface area contributed by atoms with E-state index in [1.54, 1.807) is 0 Å². The van der Waals surface area contributed by atoms with E-state index < -0.39 is 0 Å². The number of likely N-dealkylation sites (tertiary alicyclic amines) is 1. The highest BCUT2D eigenvalue weighted by atomic mass is 16.1. The Hall–Kier alpha value is -0.900. The van der Waals surface area contributed by atoms with Crippen LogP contribution in [0.15, 0.2) is 0 Å². The number of rotatable bonds is 4. The summed E-state index contributed by atoms with van der Waals surface area (Å²) in [7, 11) is 0. The molecule has 0 aromatic heterocycles. The Morgan fingerprint density at radius 2 is 2.12 bits per heavy atom. The Balaban J connectivity index is 1.83. The Labute approximate surface area is 103 Å². The number of nitrogens with two attached hydrogens (primary N) is 1. The van der Waals surface area contributed by atoms with Crippen LogP contribution in [0.4, 0.5) is 0 Å². The predicted molar refractivity (Wildman–Crippen MR) is 65.4 cm³/mol. The van der Waals surface area contributed by atoms with E-state index in [9.17, 15) is 9.59 Å². The molecule has 1 amide bonds. The summed E-state index contributed by atoms with van der Waals surface area (Å²) in [6.45, 7) is 1.80. The van der Waals surface area contributed by atoms with Gasteiger partial charge in [-0.2, -0.15) is 0 Å². The van der Waals surface area contributed by atoms with Gasteiger partial charge in [0.25, 0.3) is 0 Å². The molecule has 0 aromatic carbocycles. The van der Waals surface area contributed by atoms with Crippen molar-refractivity contribution in [1.29, 1.82) is 0 Å². The predicted octanol–water partition coefficient (Wildman–Crippen LogP) is 1.09. The minimum atomic E-state index is -0.206. The van der Waals surface area contributed by atoms with E-state index >= 15 is 0 Å². The summed E-state index contributed by atoms with van der Waals surface area (Å²) in [4.78, 5) is 25.1. The van der Waals surface area contributed by atoms with Gasteiger partial charge in [0.1, 0.15) is 5.78 Å². The fraction of sp³-hybridized carbons (Fsp3) is 0.846. The summed E-state index contributed by atoms with van der Waals surface area (Å²) >= 11 is 0. The minimum absolute atomic E-state index is 0.0970. The number of piperidine rings is 1. The monoisotopic (exact) mass is 238 g/mol. The molecule has 0 bridgehead atoms. The lowest BCUT2D eigenvalue weighted by Gasteiger charge is -2.34. The summed E-state index contributed by atoms with van der Waals surface area (Å²) in [5.74, 6) is 0.450. The molecular formula is C13H22N2O2. The van der Waals surface area contributed by atoms with E-state index in [0.717, 1.165) is 58.0 Å². The molecule has 96 valence electrons. The van der Waals surface area contributed by atoms with E-state index in [0.29, 0.717) is 5.78 Å². The average molecular weight is 238 g/mol. The molecule has 1 heterocycles. The van der Waals surface area contributed by atoms with Gasteiger partial charge in [0.2, 0.25) is 5.91 Å².